The molecule has 1 aromatic carbocycles. The smallest absolute Gasteiger partial charge is 0.422 e. The number of nitrogens with zero attached hydrogens (tertiary/aromatic N) is 3. The zero-order valence-corrected chi connectivity index (χ0v) is 14.8. The number of hydrogen-bond acceptors (Lipinski definition) is 4. The number of halogens is 8. The Morgan fingerprint density at radius 3 is 2.35 bits per heavy atom. The van der Waals surface area contributed by atoms with Gasteiger partial charge in [-0.15, -0.1) is 0 Å². The van der Waals surface area contributed by atoms with E-state index in [0.29, 0.717) is 16.6 Å². The standard InChI is InChI=1S/C17H9F8N3O3/c18-13(19)11-4-10(27-14-8(15(29)30)5-26-28(11)14)7-1-2-9(17(23,24)25)12(3-7)31-6-16(20,21)22/h1-5,13H,6H2,(H,29,30). The highest BCUT2D eigenvalue weighted by Gasteiger charge is 2.36. The molecular formula is C17H9F8N3O3. The number of alkyl halides is 8. The van der Waals surface area contributed by atoms with Crippen LogP contribution in [0.15, 0.2) is 30.5 Å². The van der Waals surface area contributed by atoms with Gasteiger partial charge < -0.3 is 9.84 Å². The fraction of sp³-hybridized carbons (Fsp3) is 0.235. The highest BCUT2D eigenvalue weighted by Crippen LogP contribution is 2.39. The van der Waals surface area contributed by atoms with Gasteiger partial charge in [-0.25, -0.2) is 23.1 Å². The van der Waals surface area contributed by atoms with Gasteiger partial charge in [-0.2, -0.15) is 31.4 Å². The fourth-order valence-electron chi connectivity index (χ4n) is 2.64. The number of hydrogen-bond donors (Lipinski definition) is 1. The van der Waals surface area contributed by atoms with Crippen LogP contribution in [0.5, 0.6) is 5.75 Å². The van der Waals surface area contributed by atoms with Crippen LogP contribution in [0.3, 0.4) is 0 Å². The topological polar surface area (TPSA) is 76.7 Å². The lowest BCUT2D eigenvalue weighted by atomic mass is 10.1. The molecule has 0 saturated heterocycles. The van der Waals surface area contributed by atoms with E-state index in [4.69, 9.17) is 5.11 Å². The van der Waals surface area contributed by atoms with Gasteiger partial charge in [0.15, 0.2) is 12.3 Å². The number of ether oxygens (including phenoxy) is 1. The minimum atomic E-state index is -5.06. The molecule has 0 bridgehead atoms. The Hall–Kier alpha value is -3.45. The maximum atomic E-state index is 13.4. The number of carboxylic acid groups (broad SMARTS) is 1. The molecule has 0 aliphatic heterocycles. The van der Waals surface area contributed by atoms with Crippen LogP contribution in [0.1, 0.15) is 28.0 Å². The summed E-state index contributed by atoms with van der Waals surface area (Å²) in [6, 6.07) is 2.48. The van der Waals surface area contributed by atoms with Gasteiger partial charge in [0.05, 0.1) is 17.5 Å². The third kappa shape index (κ3) is 4.67. The molecule has 0 atom stereocenters. The van der Waals surface area contributed by atoms with Gasteiger partial charge in [0, 0.05) is 5.56 Å². The van der Waals surface area contributed by atoms with Gasteiger partial charge >= 0.3 is 18.3 Å². The number of rotatable bonds is 5. The van der Waals surface area contributed by atoms with Gasteiger partial charge in [-0.05, 0) is 18.2 Å². The van der Waals surface area contributed by atoms with Crippen molar-refractivity contribution in [1.29, 1.82) is 0 Å². The SMILES string of the molecule is O=C(O)c1cnn2c(C(F)F)cc(-c3ccc(C(F)(F)F)c(OCC(F)(F)F)c3)nc12. The predicted molar refractivity (Wildman–Crippen MR) is 86.9 cm³/mol. The van der Waals surface area contributed by atoms with Crippen LogP contribution >= 0.6 is 0 Å². The summed E-state index contributed by atoms with van der Waals surface area (Å²) in [4.78, 5) is 15.1. The van der Waals surface area contributed by atoms with E-state index in [1.807, 2.05) is 0 Å². The minimum absolute atomic E-state index is 0.313. The van der Waals surface area contributed by atoms with E-state index in [0.717, 1.165) is 18.3 Å². The maximum absolute atomic E-state index is 13.4. The van der Waals surface area contributed by atoms with Crippen molar-refractivity contribution in [2.75, 3.05) is 6.61 Å². The van der Waals surface area contributed by atoms with Gasteiger partial charge in [-0.3, -0.25) is 0 Å². The third-order valence-corrected chi connectivity index (χ3v) is 3.93. The molecule has 0 radical (unpaired) electrons. The van der Waals surface area contributed by atoms with Crippen molar-refractivity contribution in [3.05, 3.63) is 47.3 Å². The summed E-state index contributed by atoms with van der Waals surface area (Å²) < 4.78 is 108. The van der Waals surface area contributed by atoms with Crippen LogP contribution in [0.2, 0.25) is 0 Å². The first-order valence-electron chi connectivity index (χ1n) is 8.09. The molecule has 0 unspecified atom stereocenters. The van der Waals surface area contributed by atoms with Crippen LogP contribution in [0.4, 0.5) is 35.1 Å². The highest BCUT2D eigenvalue weighted by atomic mass is 19.4. The summed E-state index contributed by atoms with van der Waals surface area (Å²) in [5, 5.41) is 12.7. The molecule has 2 aromatic heterocycles. The third-order valence-electron chi connectivity index (χ3n) is 3.93. The summed E-state index contributed by atoms with van der Waals surface area (Å²) in [5.74, 6) is -2.75. The summed E-state index contributed by atoms with van der Waals surface area (Å²) >= 11 is 0. The van der Waals surface area contributed by atoms with Gasteiger partial charge in [0.1, 0.15) is 17.0 Å². The van der Waals surface area contributed by atoms with Crippen LogP contribution in [0, 0.1) is 0 Å². The minimum Gasteiger partial charge on any atom is -0.483 e. The first-order valence-corrected chi connectivity index (χ1v) is 8.09. The van der Waals surface area contributed by atoms with Crippen molar-refractivity contribution in [2.24, 2.45) is 0 Å². The quantitative estimate of drug-likeness (QED) is 0.549. The van der Waals surface area contributed by atoms with Gasteiger partial charge in [0.2, 0.25) is 0 Å². The second-order valence-electron chi connectivity index (χ2n) is 6.08. The van der Waals surface area contributed by atoms with E-state index in [1.54, 1.807) is 0 Å². The van der Waals surface area contributed by atoms with Crippen molar-refractivity contribution in [3.63, 3.8) is 0 Å². The molecule has 0 saturated carbocycles. The molecule has 3 rings (SSSR count). The summed E-state index contributed by atoms with van der Waals surface area (Å²) in [5.41, 5.74) is -4.18. The number of aromatic carboxylic acids is 1. The molecule has 6 nitrogen and oxygen atoms in total. The molecule has 166 valence electrons. The number of carbonyl (C=O) groups is 1. The zero-order valence-electron chi connectivity index (χ0n) is 14.8. The molecule has 3 aromatic rings. The number of carboxylic acids is 1. The largest absolute Gasteiger partial charge is 0.483 e. The van der Waals surface area contributed by atoms with Crippen molar-refractivity contribution in [2.45, 2.75) is 18.8 Å². The lowest BCUT2D eigenvalue weighted by Gasteiger charge is -2.16. The van der Waals surface area contributed by atoms with Gasteiger partial charge in [-0.1, -0.05) is 6.07 Å². The summed E-state index contributed by atoms with van der Waals surface area (Å²) in [6.07, 6.45) is -12.4. The normalized spacial score (nSPS) is 12.5. The van der Waals surface area contributed by atoms with Crippen molar-refractivity contribution in [3.8, 4) is 17.0 Å². The Morgan fingerprint density at radius 2 is 1.81 bits per heavy atom. The van der Waals surface area contributed by atoms with Crippen molar-refractivity contribution in [1.82, 2.24) is 14.6 Å². The van der Waals surface area contributed by atoms with Gasteiger partial charge in [0.25, 0.3) is 6.43 Å². The molecule has 0 spiro atoms. The monoisotopic (exact) mass is 455 g/mol. The Labute approximate surface area is 166 Å². The first-order chi connectivity index (χ1) is 14.3. The zero-order chi connectivity index (χ0) is 23.1. The lowest BCUT2D eigenvalue weighted by Crippen LogP contribution is -2.21. The van der Waals surface area contributed by atoms with E-state index in [9.17, 15) is 39.9 Å². The number of aromatic nitrogens is 3. The highest BCUT2D eigenvalue weighted by molar-refractivity contribution is 5.94. The van der Waals surface area contributed by atoms with Crippen LogP contribution in [0.25, 0.3) is 16.9 Å². The predicted octanol–water partition coefficient (Wildman–Crippen LogP) is 4.99. The molecule has 0 fully saturated rings. The van der Waals surface area contributed by atoms with E-state index in [-0.39, 0.29) is 5.56 Å². The molecule has 31 heavy (non-hydrogen) atoms. The van der Waals surface area contributed by atoms with Crippen LogP contribution in [-0.4, -0.2) is 38.5 Å². The second-order valence-corrected chi connectivity index (χ2v) is 6.08. The van der Waals surface area contributed by atoms with E-state index < -0.39 is 65.3 Å². The molecule has 2 heterocycles. The lowest BCUT2D eigenvalue weighted by molar-refractivity contribution is -0.158. The van der Waals surface area contributed by atoms with E-state index >= 15 is 0 Å². The Morgan fingerprint density at radius 1 is 1.13 bits per heavy atom. The Balaban J connectivity index is 2.19. The van der Waals surface area contributed by atoms with Crippen LogP contribution < -0.4 is 4.74 Å². The average Bonchev–Trinajstić information content (AvgIpc) is 3.08. The van der Waals surface area contributed by atoms with Crippen LogP contribution in [-0.2, 0) is 6.18 Å². The molecule has 1 N–H and O–H groups in total. The molecule has 0 aliphatic rings. The number of fused-ring (bicyclic) bond motifs is 1. The van der Waals surface area contributed by atoms with E-state index in [2.05, 4.69) is 14.8 Å². The summed E-state index contributed by atoms with van der Waals surface area (Å²) in [6.45, 7) is -2.03. The molecule has 14 heteroatoms. The van der Waals surface area contributed by atoms with Crippen molar-refractivity contribution < 1.29 is 49.8 Å². The number of benzene rings is 1. The second kappa shape index (κ2) is 7.67. The Kier molecular flexibility index (Phi) is 5.50. The molecule has 0 amide bonds. The molecule has 0 aliphatic carbocycles. The Bertz CT molecular complexity index is 1140. The molecular weight excluding hydrogens is 446 g/mol. The summed E-state index contributed by atoms with van der Waals surface area (Å²) in [7, 11) is 0. The first kappa shape index (κ1) is 22.2. The fourth-order valence-corrected chi connectivity index (χ4v) is 2.64. The van der Waals surface area contributed by atoms with Crippen molar-refractivity contribution >= 4 is 11.6 Å². The average molecular weight is 455 g/mol. The van der Waals surface area contributed by atoms with E-state index in [1.165, 1.54) is 0 Å². The maximum Gasteiger partial charge on any atom is 0.422 e.